The van der Waals surface area contributed by atoms with Gasteiger partial charge in [-0.1, -0.05) is 30.2 Å². The topological polar surface area (TPSA) is 24.9 Å². The lowest BCUT2D eigenvalue weighted by Gasteiger charge is -2.35. The molecule has 0 radical (unpaired) electrons. The highest BCUT2D eigenvalue weighted by Gasteiger charge is 2.28. The van der Waals surface area contributed by atoms with Crippen LogP contribution in [0.3, 0.4) is 0 Å². The summed E-state index contributed by atoms with van der Waals surface area (Å²) in [5.74, 6) is 0.444. The van der Waals surface area contributed by atoms with Gasteiger partial charge in [-0.2, -0.15) is 0 Å². The molecule has 2 nitrogen and oxygen atoms in total. The minimum atomic E-state index is -0.188. The fourth-order valence-electron chi connectivity index (χ4n) is 2.78. The van der Waals surface area contributed by atoms with Crippen LogP contribution < -0.4 is 5.32 Å². The molecule has 1 fully saturated rings. The lowest BCUT2D eigenvalue weighted by molar-refractivity contribution is 0.229. The molecule has 2 aromatic rings. The van der Waals surface area contributed by atoms with E-state index >= 15 is 0 Å². The molecule has 1 aliphatic rings. The zero-order valence-electron chi connectivity index (χ0n) is 11.7. The highest BCUT2D eigenvalue weighted by atomic mass is 35.5. The summed E-state index contributed by atoms with van der Waals surface area (Å²) in [4.78, 5) is 3.99. The molecule has 1 aliphatic carbocycles. The van der Waals surface area contributed by atoms with Crippen LogP contribution in [0.25, 0.3) is 0 Å². The molecule has 1 unspecified atom stereocenters. The second-order valence-corrected chi connectivity index (χ2v) is 5.98. The minimum absolute atomic E-state index is 0.188. The third-order valence-corrected chi connectivity index (χ3v) is 4.37. The first-order chi connectivity index (χ1) is 10.2. The molecule has 3 rings (SSSR count). The van der Waals surface area contributed by atoms with E-state index in [0.29, 0.717) is 11.1 Å². The number of nitrogens with zero attached hydrogens (tertiary/aromatic N) is 1. The summed E-state index contributed by atoms with van der Waals surface area (Å²) in [6.07, 6.45) is 5.46. The number of nitrogens with one attached hydrogen (secondary N) is 1. The van der Waals surface area contributed by atoms with Crippen molar-refractivity contribution in [2.24, 2.45) is 5.92 Å². The normalized spacial score (nSPS) is 16.5. The van der Waals surface area contributed by atoms with Gasteiger partial charge in [-0.15, -0.1) is 0 Å². The predicted molar refractivity (Wildman–Crippen MR) is 82.6 cm³/mol. The summed E-state index contributed by atoms with van der Waals surface area (Å²) in [5.41, 5.74) is 2.27. The largest absolute Gasteiger partial charge is 0.306 e. The van der Waals surface area contributed by atoms with Crippen LogP contribution in [0, 0.1) is 11.7 Å². The summed E-state index contributed by atoms with van der Waals surface area (Å²) in [6, 6.07) is 10.9. The molecule has 0 saturated heterocycles. The molecular formula is C17H18ClFN2. The van der Waals surface area contributed by atoms with Gasteiger partial charge in [-0.3, -0.25) is 0 Å². The van der Waals surface area contributed by atoms with Gasteiger partial charge in [0.2, 0.25) is 0 Å². The zero-order chi connectivity index (χ0) is 14.7. The van der Waals surface area contributed by atoms with E-state index in [4.69, 9.17) is 11.6 Å². The first-order valence-corrected chi connectivity index (χ1v) is 7.69. The summed E-state index contributed by atoms with van der Waals surface area (Å²) in [5, 5.41) is 4.10. The van der Waals surface area contributed by atoms with Crippen molar-refractivity contribution in [2.45, 2.75) is 31.8 Å². The number of benzene rings is 1. The van der Waals surface area contributed by atoms with Gasteiger partial charge in [0.05, 0.1) is 0 Å². The Morgan fingerprint density at radius 2 is 2.00 bits per heavy atom. The maximum absolute atomic E-state index is 13.1. The van der Waals surface area contributed by atoms with E-state index in [9.17, 15) is 4.39 Å². The molecule has 0 spiro atoms. The molecule has 4 heteroatoms. The van der Waals surface area contributed by atoms with Gasteiger partial charge >= 0.3 is 0 Å². The second-order valence-electron chi connectivity index (χ2n) is 5.59. The van der Waals surface area contributed by atoms with Crippen molar-refractivity contribution < 1.29 is 4.39 Å². The van der Waals surface area contributed by atoms with E-state index < -0.39 is 0 Å². The monoisotopic (exact) mass is 304 g/mol. The Kier molecular flexibility index (Phi) is 4.51. The Morgan fingerprint density at radius 1 is 1.24 bits per heavy atom. The van der Waals surface area contributed by atoms with E-state index in [2.05, 4.69) is 10.3 Å². The Hall–Kier alpha value is -1.45. The maximum Gasteiger partial charge on any atom is 0.129 e. The smallest absolute Gasteiger partial charge is 0.129 e. The van der Waals surface area contributed by atoms with Crippen molar-refractivity contribution in [1.29, 1.82) is 0 Å². The van der Waals surface area contributed by atoms with Gasteiger partial charge in [-0.05, 0) is 54.2 Å². The number of hydrogen-bond donors (Lipinski definition) is 1. The number of halogens is 2. The summed E-state index contributed by atoms with van der Waals surface area (Å²) in [7, 11) is 0. The van der Waals surface area contributed by atoms with Crippen molar-refractivity contribution in [2.75, 3.05) is 0 Å². The molecule has 0 bridgehead atoms. The maximum atomic E-state index is 13.1. The minimum Gasteiger partial charge on any atom is -0.306 e. The molecule has 0 amide bonds. The van der Waals surface area contributed by atoms with E-state index in [0.717, 1.165) is 17.7 Å². The number of pyridine rings is 1. The summed E-state index contributed by atoms with van der Waals surface area (Å²) in [6.45, 7) is 0.737. The van der Waals surface area contributed by atoms with Gasteiger partial charge in [0.1, 0.15) is 11.0 Å². The van der Waals surface area contributed by atoms with Gasteiger partial charge < -0.3 is 5.32 Å². The molecule has 1 heterocycles. The molecule has 1 atom stereocenters. The molecule has 21 heavy (non-hydrogen) atoms. The van der Waals surface area contributed by atoms with Crippen LogP contribution in [0.2, 0.25) is 5.15 Å². The van der Waals surface area contributed by atoms with E-state index in [1.165, 1.54) is 31.4 Å². The van der Waals surface area contributed by atoms with Crippen LogP contribution in [0.4, 0.5) is 4.39 Å². The quantitative estimate of drug-likeness (QED) is 0.822. The van der Waals surface area contributed by atoms with Crippen LogP contribution in [0.1, 0.15) is 36.4 Å². The van der Waals surface area contributed by atoms with E-state index in [1.807, 2.05) is 24.3 Å². The average Bonchev–Trinajstić information content (AvgIpc) is 2.42. The molecule has 1 N–H and O–H groups in total. The van der Waals surface area contributed by atoms with Crippen LogP contribution >= 0.6 is 11.6 Å². The van der Waals surface area contributed by atoms with Crippen LogP contribution in [-0.2, 0) is 6.54 Å². The van der Waals surface area contributed by atoms with Crippen molar-refractivity contribution in [1.82, 2.24) is 10.3 Å². The molecule has 1 aromatic carbocycles. The van der Waals surface area contributed by atoms with Gasteiger partial charge in [0.25, 0.3) is 0 Å². The molecule has 1 aromatic heterocycles. The number of rotatable bonds is 5. The molecule has 110 valence electrons. The van der Waals surface area contributed by atoms with Gasteiger partial charge in [-0.25, -0.2) is 9.37 Å². The first-order valence-electron chi connectivity index (χ1n) is 7.31. The van der Waals surface area contributed by atoms with Gasteiger partial charge in [0, 0.05) is 18.8 Å². The van der Waals surface area contributed by atoms with Crippen LogP contribution in [0.15, 0.2) is 42.6 Å². The lowest BCUT2D eigenvalue weighted by atomic mass is 9.77. The summed E-state index contributed by atoms with van der Waals surface area (Å²) < 4.78 is 13.1. The molecule has 0 aliphatic heterocycles. The Balaban J connectivity index is 1.72. The zero-order valence-corrected chi connectivity index (χ0v) is 12.5. The molecule has 1 saturated carbocycles. The Labute approximate surface area is 129 Å². The standard InChI is InChI=1S/C17H18ClFN2/c18-16-10-12(8-9-20-16)11-21-17(13-2-1-3-13)14-4-6-15(19)7-5-14/h4-10,13,17,21H,1-3,11H2. The number of hydrogen-bond acceptors (Lipinski definition) is 2. The van der Waals surface area contributed by atoms with Crippen molar-refractivity contribution in [3.8, 4) is 0 Å². The van der Waals surface area contributed by atoms with E-state index in [-0.39, 0.29) is 11.9 Å². The fourth-order valence-corrected chi connectivity index (χ4v) is 2.98. The van der Waals surface area contributed by atoms with Gasteiger partial charge in [0.15, 0.2) is 0 Å². The average molecular weight is 305 g/mol. The highest BCUT2D eigenvalue weighted by molar-refractivity contribution is 6.29. The Bertz CT molecular complexity index is 596. The fraction of sp³-hybridized carbons (Fsp3) is 0.353. The first kappa shape index (κ1) is 14.5. The van der Waals surface area contributed by atoms with Crippen LogP contribution in [-0.4, -0.2) is 4.98 Å². The van der Waals surface area contributed by atoms with Crippen molar-refractivity contribution in [3.63, 3.8) is 0 Å². The summed E-state index contributed by atoms with van der Waals surface area (Å²) >= 11 is 5.92. The lowest BCUT2D eigenvalue weighted by Crippen LogP contribution is -2.31. The number of aromatic nitrogens is 1. The third kappa shape index (κ3) is 3.60. The van der Waals surface area contributed by atoms with Crippen LogP contribution in [0.5, 0.6) is 0 Å². The second kappa shape index (κ2) is 6.54. The van der Waals surface area contributed by atoms with Crippen molar-refractivity contribution >= 4 is 11.6 Å². The molecular weight excluding hydrogens is 287 g/mol. The van der Waals surface area contributed by atoms with E-state index in [1.54, 1.807) is 6.20 Å². The predicted octanol–water partition coefficient (Wildman–Crippen LogP) is 4.51. The third-order valence-electron chi connectivity index (χ3n) is 4.17. The SMILES string of the molecule is Fc1ccc(C(NCc2ccnc(Cl)c2)C2CCC2)cc1. The Morgan fingerprint density at radius 3 is 2.62 bits per heavy atom. The highest BCUT2D eigenvalue weighted by Crippen LogP contribution is 2.37. The van der Waals surface area contributed by atoms with Crippen molar-refractivity contribution in [3.05, 3.63) is 64.7 Å².